The molecule has 3 heteroatoms. The highest BCUT2D eigenvalue weighted by atomic mass is 35.5. The van der Waals surface area contributed by atoms with Gasteiger partial charge in [-0.25, -0.2) is 0 Å². The Hall–Kier alpha value is -0.860. The van der Waals surface area contributed by atoms with Crippen LogP contribution in [0, 0.1) is 5.92 Å². The first-order chi connectivity index (χ1) is 8.67. The molecule has 0 aromatic heterocycles. The molecule has 0 fully saturated rings. The lowest BCUT2D eigenvalue weighted by molar-refractivity contribution is -0.118. The van der Waals surface area contributed by atoms with Gasteiger partial charge in [-0.3, -0.25) is 4.79 Å². The molecule has 18 heavy (non-hydrogen) atoms. The van der Waals surface area contributed by atoms with Crippen LogP contribution >= 0.6 is 11.6 Å². The van der Waals surface area contributed by atoms with Gasteiger partial charge in [-0.15, -0.1) is 0 Å². The molecule has 2 nitrogen and oxygen atoms in total. The van der Waals surface area contributed by atoms with Gasteiger partial charge in [0.25, 0.3) is 0 Å². The van der Waals surface area contributed by atoms with Crippen molar-refractivity contribution in [2.75, 3.05) is 6.54 Å². The zero-order chi connectivity index (χ0) is 13.4. The molecule has 0 aliphatic carbocycles. The summed E-state index contributed by atoms with van der Waals surface area (Å²) in [4.78, 5) is 11.9. The number of hydrogen-bond acceptors (Lipinski definition) is 2. The molecule has 0 aliphatic heterocycles. The Kier molecular flexibility index (Phi) is 6.99. The summed E-state index contributed by atoms with van der Waals surface area (Å²) in [5.41, 5.74) is 6.48. The van der Waals surface area contributed by atoms with Gasteiger partial charge in [0.2, 0.25) is 0 Å². The summed E-state index contributed by atoms with van der Waals surface area (Å²) in [6, 6.07) is 7.54. The van der Waals surface area contributed by atoms with E-state index in [1.54, 1.807) is 0 Å². The lowest BCUT2D eigenvalue weighted by Gasteiger charge is -2.12. The van der Waals surface area contributed by atoms with Crippen LogP contribution in [0.15, 0.2) is 24.3 Å². The topological polar surface area (TPSA) is 43.1 Å². The fraction of sp³-hybridized carbons (Fsp3) is 0.533. The summed E-state index contributed by atoms with van der Waals surface area (Å²) >= 11 is 6.04. The number of nitrogens with two attached hydrogens (primary N) is 1. The Labute approximate surface area is 115 Å². The Morgan fingerprint density at radius 1 is 1.33 bits per heavy atom. The van der Waals surface area contributed by atoms with E-state index in [0.717, 1.165) is 24.8 Å². The maximum absolute atomic E-state index is 11.9. The zero-order valence-electron chi connectivity index (χ0n) is 11.0. The van der Waals surface area contributed by atoms with Gasteiger partial charge in [0.1, 0.15) is 5.78 Å². The molecule has 1 aromatic carbocycles. The van der Waals surface area contributed by atoms with Crippen LogP contribution in [0.2, 0.25) is 5.02 Å². The average molecular weight is 268 g/mol. The van der Waals surface area contributed by atoms with Gasteiger partial charge in [0.15, 0.2) is 0 Å². The molecule has 1 aromatic rings. The maximum Gasteiger partial charge on any atom is 0.137 e. The number of hydrogen-bond donors (Lipinski definition) is 1. The standard InChI is InChI=1S/C15H22ClNO/c1-2-12(9-10-17)7-8-14(18)11-13-5-3-4-6-15(13)16/h3-6,12H,2,7-11,17H2,1H3. The molecule has 0 heterocycles. The van der Waals surface area contributed by atoms with Crippen molar-refractivity contribution in [3.63, 3.8) is 0 Å². The van der Waals surface area contributed by atoms with Crippen molar-refractivity contribution in [2.24, 2.45) is 11.7 Å². The highest BCUT2D eigenvalue weighted by Crippen LogP contribution is 2.19. The first-order valence-electron chi connectivity index (χ1n) is 6.62. The molecule has 0 spiro atoms. The second-order valence-electron chi connectivity index (χ2n) is 4.70. The van der Waals surface area contributed by atoms with Crippen molar-refractivity contribution >= 4 is 17.4 Å². The second-order valence-corrected chi connectivity index (χ2v) is 5.10. The van der Waals surface area contributed by atoms with Crippen LogP contribution in [0.3, 0.4) is 0 Å². The largest absolute Gasteiger partial charge is 0.330 e. The average Bonchev–Trinajstić information content (AvgIpc) is 2.37. The van der Waals surface area contributed by atoms with E-state index in [1.807, 2.05) is 24.3 Å². The summed E-state index contributed by atoms with van der Waals surface area (Å²) in [5.74, 6) is 0.837. The number of Topliss-reactive ketones (excluding diaryl/α,β-unsaturated/α-hetero) is 1. The fourth-order valence-corrected chi connectivity index (χ4v) is 2.30. The van der Waals surface area contributed by atoms with Crippen molar-refractivity contribution in [3.8, 4) is 0 Å². The minimum Gasteiger partial charge on any atom is -0.330 e. The van der Waals surface area contributed by atoms with Gasteiger partial charge >= 0.3 is 0 Å². The SMILES string of the molecule is CCC(CCN)CCC(=O)Cc1ccccc1Cl. The molecule has 100 valence electrons. The normalized spacial score (nSPS) is 12.4. The first-order valence-corrected chi connectivity index (χ1v) is 7.00. The predicted octanol–water partition coefficient (Wildman–Crippen LogP) is 3.61. The van der Waals surface area contributed by atoms with Crippen molar-refractivity contribution in [1.82, 2.24) is 0 Å². The van der Waals surface area contributed by atoms with Crippen LogP contribution in [0.5, 0.6) is 0 Å². The third kappa shape index (κ3) is 5.19. The van der Waals surface area contributed by atoms with Crippen molar-refractivity contribution < 1.29 is 4.79 Å². The van der Waals surface area contributed by atoms with Crippen molar-refractivity contribution in [2.45, 2.75) is 39.0 Å². The van der Waals surface area contributed by atoms with Crippen LogP contribution < -0.4 is 5.73 Å². The van der Waals surface area contributed by atoms with Crippen LogP contribution in [-0.4, -0.2) is 12.3 Å². The number of rotatable bonds is 8. The zero-order valence-corrected chi connectivity index (χ0v) is 11.7. The molecule has 0 radical (unpaired) electrons. The lowest BCUT2D eigenvalue weighted by atomic mass is 9.94. The van der Waals surface area contributed by atoms with Crippen LogP contribution in [0.25, 0.3) is 0 Å². The summed E-state index contributed by atoms with van der Waals surface area (Å²) < 4.78 is 0. The van der Waals surface area contributed by atoms with Gasteiger partial charge in [0.05, 0.1) is 0 Å². The van der Waals surface area contributed by atoms with E-state index in [4.69, 9.17) is 17.3 Å². The van der Waals surface area contributed by atoms with E-state index in [9.17, 15) is 4.79 Å². The molecular weight excluding hydrogens is 246 g/mol. The maximum atomic E-state index is 11.9. The van der Waals surface area contributed by atoms with E-state index in [2.05, 4.69) is 6.92 Å². The summed E-state index contributed by atoms with van der Waals surface area (Å²) in [5, 5.41) is 0.680. The van der Waals surface area contributed by atoms with Crippen molar-refractivity contribution in [1.29, 1.82) is 0 Å². The molecular formula is C15H22ClNO. The molecule has 0 saturated carbocycles. The number of halogens is 1. The molecule has 0 aliphatic rings. The molecule has 1 atom stereocenters. The molecule has 0 bridgehead atoms. The van der Waals surface area contributed by atoms with E-state index >= 15 is 0 Å². The minimum atomic E-state index is 0.263. The van der Waals surface area contributed by atoms with E-state index in [0.29, 0.717) is 30.3 Å². The number of ketones is 1. The van der Waals surface area contributed by atoms with Gasteiger partial charge in [-0.05, 0) is 36.9 Å². The van der Waals surface area contributed by atoms with Crippen LogP contribution in [0.4, 0.5) is 0 Å². The van der Waals surface area contributed by atoms with Crippen LogP contribution in [0.1, 0.15) is 38.2 Å². The Balaban J connectivity index is 2.40. The highest BCUT2D eigenvalue weighted by Gasteiger charge is 2.10. The van der Waals surface area contributed by atoms with Gasteiger partial charge < -0.3 is 5.73 Å². The smallest absolute Gasteiger partial charge is 0.137 e. The van der Waals surface area contributed by atoms with Crippen LogP contribution in [-0.2, 0) is 11.2 Å². The van der Waals surface area contributed by atoms with Crippen molar-refractivity contribution in [3.05, 3.63) is 34.9 Å². The Bertz CT molecular complexity index is 379. The molecule has 0 amide bonds. The summed E-state index contributed by atoms with van der Waals surface area (Å²) in [6.07, 6.45) is 4.12. The Morgan fingerprint density at radius 2 is 2.06 bits per heavy atom. The van der Waals surface area contributed by atoms with E-state index < -0.39 is 0 Å². The minimum absolute atomic E-state index is 0.263. The highest BCUT2D eigenvalue weighted by molar-refractivity contribution is 6.31. The van der Waals surface area contributed by atoms with E-state index in [1.165, 1.54) is 0 Å². The fourth-order valence-electron chi connectivity index (χ4n) is 2.10. The molecule has 1 rings (SSSR count). The quantitative estimate of drug-likeness (QED) is 0.782. The summed E-state index contributed by atoms with van der Waals surface area (Å²) in [6.45, 7) is 2.86. The van der Waals surface area contributed by atoms with Gasteiger partial charge in [-0.1, -0.05) is 43.1 Å². The Morgan fingerprint density at radius 3 is 2.67 bits per heavy atom. The van der Waals surface area contributed by atoms with E-state index in [-0.39, 0.29) is 5.78 Å². The monoisotopic (exact) mass is 267 g/mol. The van der Waals surface area contributed by atoms with Gasteiger partial charge in [0, 0.05) is 17.9 Å². The number of benzene rings is 1. The lowest BCUT2D eigenvalue weighted by Crippen LogP contribution is -2.11. The number of carbonyl (C=O) groups is 1. The third-order valence-electron chi connectivity index (χ3n) is 3.33. The summed E-state index contributed by atoms with van der Waals surface area (Å²) in [7, 11) is 0. The number of carbonyl (C=O) groups excluding carboxylic acids is 1. The third-order valence-corrected chi connectivity index (χ3v) is 3.70. The predicted molar refractivity (Wildman–Crippen MR) is 76.8 cm³/mol. The molecule has 2 N–H and O–H groups in total. The molecule has 1 unspecified atom stereocenters. The van der Waals surface area contributed by atoms with Gasteiger partial charge in [-0.2, -0.15) is 0 Å². The molecule has 0 saturated heterocycles. The first kappa shape index (κ1) is 15.2. The second kappa shape index (κ2) is 8.28.